The van der Waals surface area contributed by atoms with Gasteiger partial charge in [-0.2, -0.15) is 0 Å². The van der Waals surface area contributed by atoms with Crippen LogP contribution in [0.4, 0.5) is 5.82 Å². The zero-order valence-electron chi connectivity index (χ0n) is 14.6. The van der Waals surface area contributed by atoms with Crippen molar-refractivity contribution in [2.24, 2.45) is 4.99 Å². The summed E-state index contributed by atoms with van der Waals surface area (Å²) in [7, 11) is 0. The molecule has 0 amide bonds. The van der Waals surface area contributed by atoms with Crippen LogP contribution in [0.2, 0.25) is 0 Å². The van der Waals surface area contributed by atoms with Gasteiger partial charge in [0, 0.05) is 32.0 Å². The van der Waals surface area contributed by atoms with Crippen LogP contribution in [0.25, 0.3) is 0 Å². The Morgan fingerprint density at radius 2 is 1.72 bits per heavy atom. The molecule has 0 aromatic carbocycles. The molecule has 2 aromatic rings. The van der Waals surface area contributed by atoms with Gasteiger partial charge >= 0.3 is 0 Å². The van der Waals surface area contributed by atoms with Crippen LogP contribution in [0.1, 0.15) is 25.5 Å². The predicted molar refractivity (Wildman–Crippen MR) is 114 cm³/mol. The first-order valence-electron chi connectivity index (χ1n) is 8.45. The van der Waals surface area contributed by atoms with Crippen LogP contribution in [0, 0.1) is 0 Å². The van der Waals surface area contributed by atoms with Crippen LogP contribution in [0.5, 0.6) is 0 Å². The molecule has 0 radical (unpaired) electrons. The average Bonchev–Trinajstić information content (AvgIpc) is 2.64. The van der Waals surface area contributed by atoms with E-state index in [0.29, 0.717) is 6.54 Å². The Morgan fingerprint density at radius 1 is 0.960 bits per heavy atom. The van der Waals surface area contributed by atoms with Gasteiger partial charge in [-0.15, -0.1) is 24.0 Å². The fourth-order valence-corrected chi connectivity index (χ4v) is 2.13. The highest BCUT2D eigenvalue weighted by atomic mass is 127. The summed E-state index contributed by atoms with van der Waals surface area (Å²) in [6.07, 6.45) is 5.72. The van der Waals surface area contributed by atoms with Crippen molar-refractivity contribution in [3.05, 3.63) is 54.5 Å². The van der Waals surface area contributed by atoms with Gasteiger partial charge in [0.2, 0.25) is 0 Å². The van der Waals surface area contributed by atoms with Crippen molar-refractivity contribution < 1.29 is 0 Å². The normalized spacial score (nSPS) is 10.7. The fraction of sp³-hybridized carbons (Fsp3) is 0.389. The molecule has 2 heterocycles. The lowest BCUT2D eigenvalue weighted by molar-refractivity contribution is 0.711. The predicted octanol–water partition coefficient (Wildman–Crippen LogP) is 3.04. The molecule has 0 atom stereocenters. The Hall–Kier alpha value is -1.90. The van der Waals surface area contributed by atoms with Gasteiger partial charge in [0.1, 0.15) is 5.82 Å². The third-order valence-electron chi connectivity index (χ3n) is 3.34. The van der Waals surface area contributed by atoms with E-state index >= 15 is 0 Å². The second kappa shape index (κ2) is 13.4. The molecule has 0 saturated heterocycles. The van der Waals surface area contributed by atoms with E-state index in [0.717, 1.165) is 49.9 Å². The zero-order valence-corrected chi connectivity index (χ0v) is 16.9. The van der Waals surface area contributed by atoms with E-state index in [1.807, 2.05) is 36.4 Å². The van der Waals surface area contributed by atoms with Gasteiger partial charge in [-0.25, -0.2) is 9.98 Å². The maximum atomic E-state index is 4.56. The van der Waals surface area contributed by atoms with Crippen molar-refractivity contribution in [1.29, 1.82) is 0 Å². The second-order valence-electron chi connectivity index (χ2n) is 5.29. The Morgan fingerprint density at radius 3 is 2.40 bits per heavy atom. The molecule has 2 rings (SSSR count). The molecule has 0 aliphatic carbocycles. The SMILES string of the molecule is CCNC(=NCc1ccccn1)NCCCCNc1ccccn1.I. The van der Waals surface area contributed by atoms with Gasteiger partial charge in [0.15, 0.2) is 5.96 Å². The molecule has 6 nitrogen and oxygen atoms in total. The molecule has 0 spiro atoms. The summed E-state index contributed by atoms with van der Waals surface area (Å²) in [6.45, 7) is 5.29. The summed E-state index contributed by atoms with van der Waals surface area (Å²) in [4.78, 5) is 13.1. The van der Waals surface area contributed by atoms with Gasteiger partial charge < -0.3 is 16.0 Å². The van der Waals surface area contributed by atoms with Crippen molar-refractivity contribution in [3.8, 4) is 0 Å². The minimum atomic E-state index is 0. The molecular formula is C18H27IN6. The van der Waals surface area contributed by atoms with E-state index in [4.69, 9.17) is 0 Å². The summed E-state index contributed by atoms with van der Waals surface area (Å²) >= 11 is 0. The summed E-state index contributed by atoms with van der Waals surface area (Å²) in [5, 5.41) is 9.92. The molecule has 3 N–H and O–H groups in total. The molecule has 0 unspecified atom stereocenters. The number of aliphatic imine (C=N–C) groups is 1. The van der Waals surface area contributed by atoms with E-state index in [2.05, 4.69) is 37.8 Å². The van der Waals surface area contributed by atoms with Crippen LogP contribution >= 0.6 is 24.0 Å². The Kier molecular flexibility index (Phi) is 11.3. The molecule has 0 fully saturated rings. The summed E-state index contributed by atoms with van der Waals surface area (Å²) in [5.41, 5.74) is 0.967. The van der Waals surface area contributed by atoms with Crippen LogP contribution in [0.15, 0.2) is 53.8 Å². The molecular weight excluding hydrogens is 427 g/mol. The largest absolute Gasteiger partial charge is 0.370 e. The third kappa shape index (κ3) is 9.23. The smallest absolute Gasteiger partial charge is 0.191 e. The minimum absolute atomic E-state index is 0. The summed E-state index contributed by atoms with van der Waals surface area (Å²) in [5.74, 6) is 1.76. The number of halogens is 1. The van der Waals surface area contributed by atoms with Crippen molar-refractivity contribution in [1.82, 2.24) is 20.6 Å². The molecule has 0 bridgehead atoms. The standard InChI is InChI=1S/C18H26N6.HI/c1-2-19-18(24-15-16-9-3-5-11-20-16)23-14-8-7-13-22-17-10-4-6-12-21-17;/h3-6,9-12H,2,7-8,13-15H2,1H3,(H,21,22)(H2,19,23,24);1H. The highest BCUT2D eigenvalue weighted by molar-refractivity contribution is 14.0. The lowest BCUT2D eigenvalue weighted by Crippen LogP contribution is -2.37. The molecule has 0 aliphatic heterocycles. The van der Waals surface area contributed by atoms with E-state index in [1.165, 1.54) is 0 Å². The van der Waals surface area contributed by atoms with E-state index in [1.54, 1.807) is 12.4 Å². The van der Waals surface area contributed by atoms with Crippen molar-refractivity contribution >= 4 is 35.8 Å². The number of rotatable bonds is 9. The van der Waals surface area contributed by atoms with Gasteiger partial charge in [-0.1, -0.05) is 12.1 Å². The zero-order chi connectivity index (χ0) is 16.9. The topological polar surface area (TPSA) is 74.2 Å². The minimum Gasteiger partial charge on any atom is -0.370 e. The van der Waals surface area contributed by atoms with Crippen LogP contribution < -0.4 is 16.0 Å². The molecule has 2 aromatic heterocycles. The fourth-order valence-electron chi connectivity index (χ4n) is 2.13. The first-order valence-corrected chi connectivity index (χ1v) is 8.45. The molecule has 0 aliphatic rings. The Labute approximate surface area is 167 Å². The average molecular weight is 454 g/mol. The number of nitrogens with zero attached hydrogens (tertiary/aromatic N) is 3. The van der Waals surface area contributed by atoms with Gasteiger partial charge in [-0.3, -0.25) is 4.98 Å². The maximum Gasteiger partial charge on any atom is 0.191 e. The molecule has 25 heavy (non-hydrogen) atoms. The number of nitrogens with one attached hydrogen (secondary N) is 3. The Balaban J connectivity index is 0.00000312. The highest BCUT2D eigenvalue weighted by Gasteiger charge is 1.98. The number of aromatic nitrogens is 2. The first kappa shape index (κ1) is 21.1. The maximum absolute atomic E-state index is 4.56. The molecule has 0 saturated carbocycles. The van der Waals surface area contributed by atoms with Gasteiger partial charge in [0.05, 0.1) is 12.2 Å². The lowest BCUT2D eigenvalue weighted by atomic mass is 10.3. The number of pyridine rings is 2. The van der Waals surface area contributed by atoms with Crippen LogP contribution in [0.3, 0.4) is 0 Å². The van der Waals surface area contributed by atoms with Crippen molar-refractivity contribution in [2.45, 2.75) is 26.3 Å². The summed E-state index contributed by atoms with van der Waals surface area (Å²) in [6, 6.07) is 11.8. The van der Waals surface area contributed by atoms with Crippen LogP contribution in [-0.2, 0) is 6.54 Å². The first-order chi connectivity index (χ1) is 11.9. The molecule has 136 valence electrons. The third-order valence-corrected chi connectivity index (χ3v) is 3.34. The van der Waals surface area contributed by atoms with Gasteiger partial charge in [-0.05, 0) is 44.0 Å². The van der Waals surface area contributed by atoms with E-state index in [9.17, 15) is 0 Å². The Bertz CT molecular complexity index is 591. The molecule has 7 heteroatoms. The number of guanidine groups is 1. The number of hydrogen-bond acceptors (Lipinski definition) is 4. The number of hydrogen-bond donors (Lipinski definition) is 3. The number of anilines is 1. The van der Waals surface area contributed by atoms with Gasteiger partial charge in [0.25, 0.3) is 0 Å². The lowest BCUT2D eigenvalue weighted by Gasteiger charge is -2.11. The second-order valence-corrected chi connectivity index (χ2v) is 5.29. The van der Waals surface area contributed by atoms with Crippen molar-refractivity contribution in [3.63, 3.8) is 0 Å². The van der Waals surface area contributed by atoms with E-state index in [-0.39, 0.29) is 24.0 Å². The van der Waals surface area contributed by atoms with Crippen molar-refractivity contribution in [2.75, 3.05) is 25.0 Å². The van der Waals surface area contributed by atoms with Crippen LogP contribution in [-0.4, -0.2) is 35.6 Å². The quantitative estimate of drug-likeness (QED) is 0.235. The van der Waals surface area contributed by atoms with E-state index < -0.39 is 0 Å². The highest BCUT2D eigenvalue weighted by Crippen LogP contribution is 2.00. The number of unbranched alkanes of at least 4 members (excludes halogenated alkanes) is 1. The monoisotopic (exact) mass is 454 g/mol. The summed E-state index contributed by atoms with van der Waals surface area (Å²) < 4.78 is 0.